The van der Waals surface area contributed by atoms with E-state index in [2.05, 4.69) is 0 Å². The fourth-order valence-electron chi connectivity index (χ4n) is 1.47. The van der Waals surface area contributed by atoms with Crippen LogP contribution in [0.2, 0.25) is 0 Å². The Hall–Kier alpha value is -1.64. The average Bonchev–Trinajstić information content (AvgIpc) is 2.44. The van der Waals surface area contributed by atoms with E-state index >= 15 is 0 Å². The molecule has 0 aromatic rings. The summed E-state index contributed by atoms with van der Waals surface area (Å²) in [7, 11) is 0. The van der Waals surface area contributed by atoms with Crippen molar-refractivity contribution in [2.75, 3.05) is 6.54 Å². The van der Waals surface area contributed by atoms with E-state index in [0.29, 0.717) is 17.8 Å². The van der Waals surface area contributed by atoms with E-state index in [-0.39, 0.29) is 5.91 Å². The van der Waals surface area contributed by atoms with Gasteiger partial charge in [0.05, 0.1) is 11.3 Å². The van der Waals surface area contributed by atoms with Crippen LogP contribution in [0.5, 0.6) is 0 Å². The van der Waals surface area contributed by atoms with Gasteiger partial charge in [0, 0.05) is 18.3 Å². The number of hydrogen-bond acceptors (Lipinski definition) is 2. The number of fused-ring (bicyclic) bond motifs is 1. The second-order valence-corrected chi connectivity index (χ2v) is 3.02. The van der Waals surface area contributed by atoms with Crippen molar-refractivity contribution in [2.45, 2.75) is 6.92 Å². The van der Waals surface area contributed by atoms with Crippen molar-refractivity contribution >= 4 is 11.6 Å². The van der Waals surface area contributed by atoms with Crippen LogP contribution in [0, 0.1) is 5.41 Å². The lowest BCUT2D eigenvalue weighted by Gasteiger charge is -2.09. The third-order valence-corrected chi connectivity index (χ3v) is 2.18. The molecule has 0 spiro atoms. The maximum atomic E-state index is 11.6. The van der Waals surface area contributed by atoms with Crippen LogP contribution in [-0.4, -0.2) is 23.1 Å². The van der Waals surface area contributed by atoms with Crippen molar-refractivity contribution in [3.05, 3.63) is 35.6 Å². The Morgan fingerprint density at radius 3 is 2.92 bits per heavy atom. The molecule has 2 rings (SSSR count). The molecule has 0 atom stereocenters. The van der Waals surface area contributed by atoms with Crippen molar-refractivity contribution in [3.8, 4) is 0 Å². The van der Waals surface area contributed by atoms with Crippen LogP contribution in [-0.2, 0) is 4.79 Å². The molecular formula is C10H10N2O. The van der Waals surface area contributed by atoms with Crippen LogP contribution in [0.15, 0.2) is 35.6 Å². The molecule has 3 nitrogen and oxygen atoms in total. The zero-order chi connectivity index (χ0) is 9.42. The Morgan fingerprint density at radius 2 is 2.23 bits per heavy atom. The molecule has 1 N–H and O–H groups in total. The Kier molecular flexibility index (Phi) is 1.65. The number of nitrogens with one attached hydrogen (secondary N) is 1. The Labute approximate surface area is 76.5 Å². The van der Waals surface area contributed by atoms with Gasteiger partial charge < -0.3 is 10.3 Å². The molecule has 1 aliphatic heterocycles. The average molecular weight is 174 g/mol. The highest BCUT2D eigenvalue weighted by Gasteiger charge is 2.26. The molecule has 1 heterocycles. The molecular weight excluding hydrogens is 164 g/mol. The standard InChI is InChI=1S/C10H10N2O/c1-2-12-6-7-3-4-8(11)5-9(7)10(12)13/h3-6,11H,2H2,1H3. The van der Waals surface area contributed by atoms with Crippen molar-refractivity contribution in [1.29, 1.82) is 5.41 Å². The molecule has 1 amide bonds. The SMILES string of the molecule is CCN1C=C2C=CC(=N)C=C2C1=O. The van der Waals surface area contributed by atoms with Gasteiger partial charge in [0.2, 0.25) is 0 Å². The highest BCUT2D eigenvalue weighted by Crippen LogP contribution is 2.25. The highest BCUT2D eigenvalue weighted by molar-refractivity contribution is 6.14. The Morgan fingerprint density at radius 1 is 1.46 bits per heavy atom. The monoisotopic (exact) mass is 174 g/mol. The van der Waals surface area contributed by atoms with E-state index in [4.69, 9.17) is 5.41 Å². The van der Waals surface area contributed by atoms with Crippen molar-refractivity contribution < 1.29 is 4.79 Å². The third-order valence-electron chi connectivity index (χ3n) is 2.18. The van der Waals surface area contributed by atoms with E-state index in [0.717, 1.165) is 5.57 Å². The lowest BCUT2D eigenvalue weighted by molar-refractivity contribution is -0.123. The largest absolute Gasteiger partial charge is 0.315 e. The van der Waals surface area contributed by atoms with Gasteiger partial charge in [0.15, 0.2) is 0 Å². The molecule has 0 aromatic carbocycles. The molecule has 0 bridgehead atoms. The molecule has 0 saturated heterocycles. The number of likely N-dealkylation sites (N-methyl/N-ethyl adjacent to an activating group) is 1. The number of nitrogens with zero attached hydrogens (tertiary/aromatic N) is 1. The minimum Gasteiger partial charge on any atom is -0.315 e. The van der Waals surface area contributed by atoms with Gasteiger partial charge in [-0.05, 0) is 19.1 Å². The number of amides is 1. The summed E-state index contributed by atoms with van der Waals surface area (Å²) in [6.45, 7) is 2.61. The molecule has 1 aliphatic carbocycles. The zero-order valence-corrected chi connectivity index (χ0v) is 7.37. The van der Waals surface area contributed by atoms with Crippen LogP contribution in [0.1, 0.15) is 6.92 Å². The van der Waals surface area contributed by atoms with Gasteiger partial charge in [0.1, 0.15) is 0 Å². The predicted octanol–water partition coefficient (Wildman–Crippen LogP) is 1.25. The number of carbonyl (C=O) groups excluding carboxylic acids is 1. The number of rotatable bonds is 1. The van der Waals surface area contributed by atoms with Crippen molar-refractivity contribution in [2.24, 2.45) is 0 Å². The van der Waals surface area contributed by atoms with Crippen LogP contribution in [0.25, 0.3) is 0 Å². The first-order valence-corrected chi connectivity index (χ1v) is 4.24. The lowest BCUT2D eigenvalue weighted by Crippen LogP contribution is -2.21. The molecule has 0 radical (unpaired) electrons. The smallest absolute Gasteiger partial charge is 0.258 e. The Bertz CT molecular complexity index is 374. The number of allylic oxidation sites excluding steroid dienone is 3. The van der Waals surface area contributed by atoms with Gasteiger partial charge in [-0.25, -0.2) is 0 Å². The third kappa shape index (κ3) is 1.13. The number of hydrogen-bond donors (Lipinski definition) is 1. The van der Waals surface area contributed by atoms with E-state index in [1.165, 1.54) is 0 Å². The van der Waals surface area contributed by atoms with Crippen LogP contribution < -0.4 is 0 Å². The van der Waals surface area contributed by atoms with Gasteiger partial charge in [-0.2, -0.15) is 0 Å². The second kappa shape index (κ2) is 2.69. The minimum atomic E-state index is 0.00611. The maximum Gasteiger partial charge on any atom is 0.258 e. The summed E-state index contributed by atoms with van der Waals surface area (Å²) in [5.74, 6) is 0.00611. The lowest BCUT2D eigenvalue weighted by atomic mass is 10.0. The molecule has 2 aliphatic rings. The second-order valence-electron chi connectivity index (χ2n) is 3.02. The van der Waals surface area contributed by atoms with Crippen molar-refractivity contribution in [1.82, 2.24) is 4.90 Å². The first kappa shape index (κ1) is 7.98. The van der Waals surface area contributed by atoms with E-state index < -0.39 is 0 Å². The maximum absolute atomic E-state index is 11.6. The summed E-state index contributed by atoms with van der Waals surface area (Å²) in [5.41, 5.74) is 1.95. The molecule has 0 aromatic heterocycles. The summed E-state index contributed by atoms with van der Waals surface area (Å²) in [4.78, 5) is 13.2. The van der Waals surface area contributed by atoms with Gasteiger partial charge >= 0.3 is 0 Å². The molecule has 0 unspecified atom stereocenters. The fourth-order valence-corrected chi connectivity index (χ4v) is 1.47. The molecule has 0 fully saturated rings. The summed E-state index contributed by atoms with van der Waals surface area (Å²) >= 11 is 0. The van der Waals surface area contributed by atoms with Crippen LogP contribution >= 0.6 is 0 Å². The minimum absolute atomic E-state index is 0.00611. The summed E-state index contributed by atoms with van der Waals surface area (Å²) in [6.07, 6.45) is 6.95. The van der Waals surface area contributed by atoms with Gasteiger partial charge in [0.25, 0.3) is 5.91 Å². The van der Waals surface area contributed by atoms with E-state index in [9.17, 15) is 4.79 Å². The molecule has 3 heteroatoms. The summed E-state index contributed by atoms with van der Waals surface area (Å²) in [5, 5.41) is 7.39. The van der Waals surface area contributed by atoms with Crippen molar-refractivity contribution in [3.63, 3.8) is 0 Å². The van der Waals surface area contributed by atoms with Crippen LogP contribution in [0.3, 0.4) is 0 Å². The molecule has 0 saturated carbocycles. The Balaban J connectivity index is 2.42. The normalized spacial score (nSPS) is 20.2. The number of carbonyl (C=O) groups is 1. The first-order chi connectivity index (χ1) is 6.22. The first-order valence-electron chi connectivity index (χ1n) is 4.24. The topological polar surface area (TPSA) is 44.2 Å². The molecule has 66 valence electrons. The fraction of sp³-hybridized carbons (Fsp3) is 0.200. The van der Waals surface area contributed by atoms with E-state index in [1.54, 1.807) is 17.1 Å². The summed E-state index contributed by atoms with van der Waals surface area (Å²) in [6, 6.07) is 0. The summed E-state index contributed by atoms with van der Waals surface area (Å²) < 4.78 is 0. The van der Waals surface area contributed by atoms with Gasteiger partial charge in [-0.3, -0.25) is 4.79 Å². The van der Waals surface area contributed by atoms with Gasteiger partial charge in [-0.1, -0.05) is 6.08 Å². The predicted molar refractivity (Wildman–Crippen MR) is 50.4 cm³/mol. The van der Waals surface area contributed by atoms with Crippen LogP contribution in [0.4, 0.5) is 0 Å². The van der Waals surface area contributed by atoms with Gasteiger partial charge in [-0.15, -0.1) is 0 Å². The zero-order valence-electron chi connectivity index (χ0n) is 7.37. The highest BCUT2D eigenvalue weighted by atomic mass is 16.2. The molecule has 13 heavy (non-hydrogen) atoms. The quantitative estimate of drug-likeness (QED) is 0.638. The van der Waals surface area contributed by atoms with E-state index in [1.807, 2.05) is 19.2 Å².